The summed E-state index contributed by atoms with van der Waals surface area (Å²) in [5.74, 6) is -0.479. The first-order valence-corrected chi connectivity index (χ1v) is 6.05. The minimum absolute atomic E-state index is 0.0201. The molecule has 0 spiro atoms. The van der Waals surface area contributed by atoms with Crippen LogP contribution >= 0.6 is 0 Å². The summed E-state index contributed by atoms with van der Waals surface area (Å²) in [5.41, 5.74) is 0.636. The number of fused-ring (bicyclic) bond motifs is 1. The molecule has 0 unspecified atom stereocenters. The summed E-state index contributed by atoms with van der Waals surface area (Å²) in [6.45, 7) is 0. The Labute approximate surface area is 118 Å². The Morgan fingerprint density at radius 3 is 2.71 bits per heavy atom. The molecule has 3 rings (SSSR count). The highest BCUT2D eigenvalue weighted by Gasteiger charge is 2.11. The van der Waals surface area contributed by atoms with Gasteiger partial charge in [-0.3, -0.25) is 9.59 Å². The summed E-state index contributed by atoms with van der Waals surface area (Å²) in [5, 5.41) is 3.34. The summed E-state index contributed by atoms with van der Waals surface area (Å²) < 4.78 is 10.0. The predicted octanol–water partition coefficient (Wildman–Crippen LogP) is 2.45. The average Bonchev–Trinajstić information content (AvgIpc) is 2.96. The van der Waals surface area contributed by atoms with Gasteiger partial charge in [0, 0.05) is 29.3 Å². The van der Waals surface area contributed by atoms with Crippen LogP contribution in [-0.4, -0.2) is 12.2 Å². The van der Waals surface area contributed by atoms with Crippen LogP contribution < -0.4 is 10.9 Å². The molecule has 6 nitrogen and oxygen atoms in total. The lowest BCUT2D eigenvalue weighted by atomic mass is 10.2. The largest absolute Gasteiger partial charge is 0.458 e. The summed E-state index contributed by atoms with van der Waals surface area (Å²) in [4.78, 5) is 33.7. The van der Waals surface area contributed by atoms with Gasteiger partial charge in [0.15, 0.2) is 12.0 Å². The van der Waals surface area contributed by atoms with Gasteiger partial charge < -0.3 is 14.2 Å². The Morgan fingerprint density at radius 1 is 1.14 bits per heavy atom. The molecule has 0 atom stereocenters. The van der Waals surface area contributed by atoms with Gasteiger partial charge in [-0.25, -0.2) is 4.79 Å². The van der Waals surface area contributed by atoms with Gasteiger partial charge in [-0.15, -0.1) is 0 Å². The highest BCUT2D eigenvalue weighted by Crippen LogP contribution is 2.18. The highest BCUT2D eigenvalue weighted by atomic mass is 16.4. The molecular weight excluding hydrogens is 274 g/mol. The molecule has 6 heteroatoms. The van der Waals surface area contributed by atoms with Crippen molar-refractivity contribution in [3.05, 3.63) is 64.4 Å². The zero-order chi connectivity index (χ0) is 14.8. The molecule has 21 heavy (non-hydrogen) atoms. The Morgan fingerprint density at radius 2 is 1.95 bits per heavy atom. The highest BCUT2D eigenvalue weighted by molar-refractivity contribution is 6.03. The number of hydrogen-bond acceptors (Lipinski definition) is 5. The third kappa shape index (κ3) is 2.59. The lowest BCUT2D eigenvalue weighted by molar-refractivity contribution is 0.0996. The number of furan rings is 1. The Balaban J connectivity index is 1.88. The monoisotopic (exact) mass is 283 g/mol. The van der Waals surface area contributed by atoms with Crippen LogP contribution in [0.2, 0.25) is 0 Å². The van der Waals surface area contributed by atoms with Crippen LogP contribution in [-0.2, 0) is 0 Å². The van der Waals surface area contributed by atoms with Gasteiger partial charge in [-0.1, -0.05) is 0 Å². The molecule has 0 saturated carbocycles. The van der Waals surface area contributed by atoms with Crippen LogP contribution in [0.25, 0.3) is 11.0 Å². The third-order valence-electron chi connectivity index (χ3n) is 2.86. The number of carbonyl (C=O) groups is 2. The minimum Gasteiger partial charge on any atom is -0.458 e. The average molecular weight is 283 g/mol. The zero-order valence-corrected chi connectivity index (χ0v) is 10.7. The molecule has 104 valence electrons. The van der Waals surface area contributed by atoms with Crippen molar-refractivity contribution in [1.82, 2.24) is 0 Å². The summed E-state index contributed by atoms with van der Waals surface area (Å²) in [6, 6.07) is 9.22. The second-order valence-electron chi connectivity index (χ2n) is 4.32. The second kappa shape index (κ2) is 5.09. The molecular formula is C15H9NO5. The fraction of sp³-hybridized carbons (Fsp3) is 0. The molecule has 0 bridgehead atoms. The van der Waals surface area contributed by atoms with Crippen LogP contribution in [0.1, 0.15) is 20.9 Å². The van der Waals surface area contributed by atoms with Crippen molar-refractivity contribution in [3.63, 3.8) is 0 Å². The molecule has 0 aliphatic heterocycles. The molecule has 1 aromatic carbocycles. The Kier molecular flexibility index (Phi) is 3.12. The molecule has 0 radical (unpaired) electrons. The molecule has 2 heterocycles. The van der Waals surface area contributed by atoms with Gasteiger partial charge in [-0.05, 0) is 18.2 Å². The van der Waals surface area contributed by atoms with Crippen molar-refractivity contribution in [2.45, 2.75) is 0 Å². The van der Waals surface area contributed by atoms with Gasteiger partial charge in [0.2, 0.25) is 0 Å². The van der Waals surface area contributed by atoms with Gasteiger partial charge in [0.05, 0.1) is 5.56 Å². The van der Waals surface area contributed by atoms with Gasteiger partial charge in [0.25, 0.3) is 5.91 Å². The smallest absolute Gasteiger partial charge is 0.336 e. The van der Waals surface area contributed by atoms with Crippen LogP contribution in [0, 0.1) is 0 Å². The SMILES string of the molecule is O=Cc1coc(C(=O)Nc2ccc3ccc(=O)oc3c2)c1. The number of amides is 1. The van der Waals surface area contributed by atoms with Crippen molar-refractivity contribution in [2.24, 2.45) is 0 Å². The Hall–Kier alpha value is -3.15. The van der Waals surface area contributed by atoms with E-state index in [0.717, 1.165) is 5.39 Å². The molecule has 0 saturated heterocycles. The van der Waals surface area contributed by atoms with E-state index in [-0.39, 0.29) is 11.3 Å². The second-order valence-corrected chi connectivity index (χ2v) is 4.32. The maximum absolute atomic E-state index is 11.9. The summed E-state index contributed by atoms with van der Waals surface area (Å²) in [6.07, 6.45) is 1.78. The van der Waals surface area contributed by atoms with E-state index in [2.05, 4.69) is 5.32 Å². The number of carbonyl (C=O) groups excluding carboxylic acids is 2. The quantitative estimate of drug-likeness (QED) is 0.589. The molecule has 1 N–H and O–H groups in total. The van der Waals surface area contributed by atoms with Crippen LogP contribution in [0.3, 0.4) is 0 Å². The van der Waals surface area contributed by atoms with E-state index in [4.69, 9.17) is 8.83 Å². The van der Waals surface area contributed by atoms with Crippen LogP contribution in [0.4, 0.5) is 5.69 Å². The standard InChI is InChI=1S/C15H9NO5/c17-7-9-5-13(20-8-9)15(19)16-11-3-1-10-2-4-14(18)21-12(10)6-11/h1-8H,(H,16,19). The topological polar surface area (TPSA) is 89.5 Å². The van der Waals surface area contributed by atoms with Crippen LogP contribution in [0.5, 0.6) is 0 Å². The third-order valence-corrected chi connectivity index (χ3v) is 2.86. The molecule has 1 amide bonds. The lowest BCUT2D eigenvalue weighted by Crippen LogP contribution is -2.10. The van der Waals surface area contributed by atoms with E-state index >= 15 is 0 Å². The molecule has 0 aliphatic rings. The van der Waals surface area contributed by atoms with Gasteiger partial charge in [0.1, 0.15) is 11.8 Å². The van der Waals surface area contributed by atoms with Crippen molar-refractivity contribution < 1.29 is 18.4 Å². The number of benzene rings is 1. The van der Waals surface area contributed by atoms with E-state index in [0.29, 0.717) is 17.6 Å². The number of nitrogens with one attached hydrogen (secondary N) is 1. The number of aldehydes is 1. The van der Waals surface area contributed by atoms with Crippen molar-refractivity contribution >= 4 is 28.8 Å². The zero-order valence-electron chi connectivity index (χ0n) is 10.7. The van der Waals surface area contributed by atoms with E-state index in [1.54, 1.807) is 18.2 Å². The molecule has 2 aromatic heterocycles. The van der Waals surface area contributed by atoms with Gasteiger partial charge >= 0.3 is 5.63 Å². The summed E-state index contributed by atoms with van der Waals surface area (Å²) in [7, 11) is 0. The van der Waals surface area contributed by atoms with E-state index in [1.807, 2.05) is 0 Å². The van der Waals surface area contributed by atoms with Crippen molar-refractivity contribution in [2.75, 3.05) is 5.32 Å². The first-order valence-electron chi connectivity index (χ1n) is 6.05. The Bertz CT molecular complexity index is 890. The molecule has 0 aliphatic carbocycles. The number of hydrogen-bond donors (Lipinski definition) is 1. The number of rotatable bonds is 3. The van der Waals surface area contributed by atoms with Crippen molar-refractivity contribution in [3.8, 4) is 0 Å². The number of anilines is 1. The van der Waals surface area contributed by atoms with Gasteiger partial charge in [-0.2, -0.15) is 0 Å². The molecule has 3 aromatic rings. The summed E-state index contributed by atoms with van der Waals surface area (Å²) >= 11 is 0. The van der Waals surface area contributed by atoms with Crippen LogP contribution in [0.15, 0.2) is 56.3 Å². The fourth-order valence-electron chi connectivity index (χ4n) is 1.86. The van der Waals surface area contributed by atoms with E-state index in [9.17, 15) is 14.4 Å². The minimum atomic E-state index is -0.499. The maximum atomic E-state index is 11.9. The maximum Gasteiger partial charge on any atom is 0.336 e. The normalized spacial score (nSPS) is 10.5. The first-order chi connectivity index (χ1) is 10.2. The molecule has 0 fully saturated rings. The first kappa shape index (κ1) is 12.9. The predicted molar refractivity (Wildman–Crippen MR) is 74.5 cm³/mol. The van der Waals surface area contributed by atoms with E-state index < -0.39 is 11.5 Å². The van der Waals surface area contributed by atoms with E-state index in [1.165, 1.54) is 24.5 Å². The lowest BCUT2D eigenvalue weighted by Gasteiger charge is -2.04. The van der Waals surface area contributed by atoms with Crippen molar-refractivity contribution in [1.29, 1.82) is 0 Å². The fourth-order valence-corrected chi connectivity index (χ4v) is 1.86.